The predicted octanol–water partition coefficient (Wildman–Crippen LogP) is 2.95. The quantitative estimate of drug-likeness (QED) is 0.623. The maximum Gasteiger partial charge on any atom is 0.311 e. The molecule has 3 rings (SSSR count). The maximum atomic E-state index is 11.7. The number of carbonyl (C=O) groups excluding carboxylic acids is 1. The van der Waals surface area contributed by atoms with Gasteiger partial charge in [-0.15, -0.1) is 0 Å². The summed E-state index contributed by atoms with van der Waals surface area (Å²) in [4.78, 5) is 11.7. The van der Waals surface area contributed by atoms with Crippen LogP contribution in [-0.2, 0) is 21.6 Å². The number of hydrogen-bond donors (Lipinski definition) is 0. The number of rotatable bonds is 0. The summed E-state index contributed by atoms with van der Waals surface area (Å²) >= 11 is 0. The zero-order valence-electron chi connectivity index (χ0n) is 9.37. The Morgan fingerprint density at radius 1 is 1.06 bits per heavy atom. The van der Waals surface area contributed by atoms with Crippen molar-refractivity contribution < 1.29 is 9.53 Å². The highest BCUT2D eigenvalue weighted by Gasteiger charge is 2.42. The Hall–Kier alpha value is -1.31. The van der Waals surface area contributed by atoms with Gasteiger partial charge < -0.3 is 4.74 Å². The molecule has 0 saturated heterocycles. The van der Waals surface area contributed by atoms with E-state index in [4.69, 9.17) is 4.74 Å². The fourth-order valence-electron chi connectivity index (χ4n) is 3.08. The van der Waals surface area contributed by atoms with Crippen LogP contribution in [0.15, 0.2) is 24.3 Å². The molecule has 2 aliphatic rings. The molecule has 1 aliphatic carbocycles. The van der Waals surface area contributed by atoms with Crippen LogP contribution in [0.2, 0.25) is 0 Å². The van der Waals surface area contributed by atoms with Gasteiger partial charge in [-0.1, -0.05) is 30.7 Å². The van der Waals surface area contributed by atoms with Crippen LogP contribution < -0.4 is 0 Å². The summed E-state index contributed by atoms with van der Waals surface area (Å²) in [6, 6.07) is 8.25. The van der Waals surface area contributed by atoms with Crippen LogP contribution in [0.4, 0.5) is 0 Å². The van der Waals surface area contributed by atoms with Gasteiger partial charge in [-0.05, 0) is 36.8 Å². The second-order valence-electron chi connectivity index (χ2n) is 4.86. The first-order valence-electron chi connectivity index (χ1n) is 6.10. The van der Waals surface area contributed by atoms with Crippen LogP contribution in [0.3, 0.4) is 0 Å². The van der Waals surface area contributed by atoms with Gasteiger partial charge in [0.05, 0.1) is 6.42 Å². The summed E-state index contributed by atoms with van der Waals surface area (Å²) in [6.45, 7) is 0. The summed E-state index contributed by atoms with van der Waals surface area (Å²) in [5.74, 6) is -0.0550. The average molecular weight is 216 g/mol. The number of hydrogen-bond acceptors (Lipinski definition) is 2. The van der Waals surface area contributed by atoms with Crippen LogP contribution >= 0.6 is 0 Å². The van der Waals surface area contributed by atoms with Gasteiger partial charge in [0.25, 0.3) is 0 Å². The SMILES string of the molecule is O=C1Cc2ccccc2C2(CCCCC2)O1. The highest BCUT2D eigenvalue weighted by atomic mass is 16.6. The summed E-state index contributed by atoms with van der Waals surface area (Å²) in [5, 5.41) is 0. The van der Waals surface area contributed by atoms with Crippen molar-refractivity contribution in [1.29, 1.82) is 0 Å². The van der Waals surface area contributed by atoms with Gasteiger partial charge in [-0.25, -0.2) is 0 Å². The highest BCUT2D eigenvalue weighted by molar-refractivity contribution is 5.76. The Morgan fingerprint density at radius 3 is 2.62 bits per heavy atom. The lowest BCUT2D eigenvalue weighted by Crippen LogP contribution is -2.39. The topological polar surface area (TPSA) is 26.3 Å². The van der Waals surface area contributed by atoms with Gasteiger partial charge in [0, 0.05) is 0 Å². The molecule has 0 atom stereocenters. The third kappa shape index (κ3) is 1.44. The first kappa shape index (κ1) is 9.88. The molecule has 1 fully saturated rings. The number of ether oxygens (including phenoxy) is 1. The number of fused-ring (bicyclic) bond motifs is 2. The molecule has 0 N–H and O–H groups in total. The molecular weight excluding hydrogens is 200 g/mol. The van der Waals surface area contributed by atoms with Crippen molar-refractivity contribution in [2.75, 3.05) is 0 Å². The normalized spacial score (nSPS) is 22.6. The van der Waals surface area contributed by atoms with Gasteiger partial charge >= 0.3 is 5.97 Å². The molecule has 0 amide bonds. The molecule has 2 heteroatoms. The van der Waals surface area contributed by atoms with E-state index in [1.54, 1.807) is 0 Å². The minimum absolute atomic E-state index is 0.0550. The first-order chi connectivity index (χ1) is 7.80. The average Bonchev–Trinajstić information content (AvgIpc) is 2.30. The van der Waals surface area contributed by atoms with Gasteiger partial charge in [-0.2, -0.15) is 0 Å². The molecule has 1 spiro atoms. The number of benzene rings is 1. The van der Waals surface area contributed by atoms with E-state index >= 15 is 0 Å². The standard InChI is InChI=1S/C14H16O2/c15-13-10-11-6-2-3-7-12(11)14(16-13)8-4-1-5-9-14/h2-3,6-7H,1,4-5,8-10H2. The van der Waals surface area contributed by atoms with Gasteiger partial charge in [0.2, 0.25) is 0 Å². The van der Waals surface area contributed by atoms with Crippen LogP contribution in [0, 0.1) is 0 Å². The van der Waals surface area contributed by atoms with Crippen LogP contribution in [0.1, 0.15) is 43.2 Å². The minimum atomic E-state index is -0.288. The third-order valence-electron chi connectivity index (χ3n) is 3.81. The predicted molar refractivity (Wildman–Crippen MR) is 61.0 cm³/mol. The smallest absolute Gasteiger partial charge is 0.311 e. The number of esters is 1. The van der Waals surface area contributed by atoms with E-state index in [1.807, 2.05) is 12.1 Å². The molecule has 1 aromatic rings. The molecule has 0 radical (unpaired) electrons. The number of carbonyl (C=O) groups is 1. The van der Waals surface area contributed by atoms with E-state index in [9.17, 15) is 4.79 Å². The lowest BCUT2D eigenvalue weighted by Gasteiger charge is -2.41. The van der Waals surface area contributed by atoms with E-state index in [1.165, 1.54) is 30.4 Å². The molecule has 0 unspecified atom stereocenters. The van der Waals surface area contributed by atoms with Crippen molar-refractivity contribution in [3.63, 3.8) is 0 Å². The second-order valence-corrected chi connectivity index (χ2v) is 4.86. The Kier molecular flexibility index (Phi) is 2.23. The molecule has 1 saturated carbocycles. The van der Waals surface area contributed by atoms with Crippen molar-refractivity contribution in [3.05, 3.63) is 35.4 Å². The molecule has 1 aliphatic heterocycles. The molecule has 1 heterocycles. The molecular formula is C14H16O2. The molecule has 2 nitrogen and oxygen atoms in total. The molecule has 0 bridgehead atoms. The largest absolute Gasteiger partial charge is 0.454 e. The van der Waals surface area contributed by atoms with E-state index in [0.29, 0.717) is 6.42 Å². The summed E-state index contributed by atoms with van der Waals surface area (Å²) in [7, 11) is 0. The second kappa shape index (κ2) is 3.62. The lowest BCUT2D eigenvalue weighted by molar-refractivity contribution is -0.167. The Morgan fingerprint density at radius 2 is 1.81 bits per heavy atom. The van der Waals surface area contributed by atoms with E-state index < -0.39 is 0 Å². The summed E-state index contributed by atoms with van der Waals surface area (Å²) in [5.41, 5.74) is 2.14. The Balaban J connectivity index is 2.08. The van der Waals surface area contributed by atoms with Crippen molar-refractivity contribution in [2.24, 2.45) is 0 Å². The zero-order chi connectivity index (χ0) is 11.0. The molecule has 84 valence electrons. The van der Waals surface area contributed by atoms with Gasteiger partial charge in [0.1, 0.15) is 5.60 Å². The van der Waals surface area contributed by atoms with Crippen molar-refractivity contribution in [3.8, 4) is 0 Å². The Labute approximate surface area is 95.6 Å². The van der Waals surface area contributed by atoms with Crippen LogP contribution in [-0.4, -0.2) is 5.97 Å². The van der Waals surface area contributed by atoms with Crippen LogP contribution in [0.25, 0.3) is 0 Å². The van der Waals surface area contributed by atoms with Crippen molar-refractivity contribution in [1.82, 2.24) is 0 Å². The van der Waals surface area contributed by atoms with E-state index in [2.05, 4.69) is 12.1 Å². The van der Waals surface area contributed by atoms with E-state index in [0.717, 1.165) is 12.8 Å². The molecule has 1 aromatic carbocycles. The maximum absolute atomic E-state index is 11.7. The fourth-order valence-corrected chi connectivity index (χ4v) is 3.08. The van der Waals surface area contributed by atoms with Gasteiger partial charge in [0.15, 0.2) is 0 Å². The van der Waals surface area contributed by atoms with E-state index in [-0.39, 0.29) is 11.6 Å². The van der Waals surface area contributed by atoms with Gasteiger partial charge in [-0.3, -0.25) is 4.79 Å². The zero-order valence-corrected chi connectivity index (χ0v) is 9.37. The van der Waals surface area contributed by atoms with Crippen LogP contribution in [0.5, 0.6) is 0 Å². The third-order valence-corrected chi connectivity index (χ3v) is 3.81. The summed E-state index contributed by atoms with van der Waals surface area (Å²) < 4.78 is 5.70. The molecule has 16 heavy (non-hydrogen) atoms. The van der Waals surface area contributed by atoms with Crippen molar-refractivity contribution >= 4 is 5.97 Å². The highest BCUT2D eigenvalue weighted by Crippen LogP contribution is 2.44. The summed E-state index contributed by atoms with van der Waals surface area (Å²) in [6.07, 6.45) is 6.04. The van der Waals surface area contributed by atoms with Crippen molar-refractivity contribution in [2.45, 2.75) is 44.1 Å². The molecule has 0 aromatic heterocycles. The fraction of sp³-hybridized carbons (Fsp3) is 0.500. The lowest BCUT2D eigenvalue weighted by atomic mass is 9.76. The Bertz CT molecular complexity index is 416. The first-order valence-corrected chi connectivity index (χ1v) is 6.10. The minimum Gasteiger partial charge on any atom is -0.454 e. The monoisotopic (exact) mass is 216 g/mol.